The number of halogens is 4. The molecule has 0 radical (unpaired) electrons. The Morgan fingerprint density at radius 3 is 2.24 bits per heavy atom. The zero-order valence-corrected chi connectivity index (χ0v) is 11.9. The molecule has 4 nitrogen and oxygen atoms in total. The van der Waals surface area contributed by atoms with Gasteiger partial charge in [-0.05, 0) is 24.1 Å². The molecule has 1 aromatic rings. The lowest BCUT2D eigenvalue weighted by atomic mass is 10.1. The fourth-order valence-corrected chi connectivity index (χ4v) is 3.56. The second kappa shape index (κ2) is 4.92. The van der Waals surface area contributed by atoms with E-state index >= 15 is 0 Å². The third-order valence-corrected chi connectivity index (χ3v) is 5.08. The molecule has 0 aliphatic heterocycles. The molecule has 9 heteroatoms. The number of hydrogen-bond acceptors (Lipinski definition) is 4. The predicted octanol–water partition coefficient (Wildman–Crippen LogP) is 2.51. The van der Waals surface area contributed by atoms with Crippen LogP contribution in [0, 0.1) is 5.82 Å². The third kappa shape index (κ3) is 2.23. The molecule has 2 rings (SSSR count). The van der Waals surface area contributed by atoms with Gasteiger partial charge in [0.05, 0.1) is 4.90 Å². The SMILES string of the molecule is COC1(OC)CCc2c(F)ccc(S(=O)(=O)C(F)(F)F)c21. The van der Waals surface area contributed by atoms with E-state index < -0.39 is 37.4 Å². The van der Waals surface area contributed by atoms with Crippen molar-refractivity contribution in [3.63, 3.8) is 0 Å². The summed E-state index contributed by atoms with van der Waals surface area (Å²) < 4.78 is 85.6. The van der Waals surface area contributed by atoms with Crippen molar-refractivity contribution in [3.05, 3.63) is 29.1 Å². The van der Waals surface area contributed by atoms with Gasteiger partial charge >= 0.3 is 5.51 Å². The molecule has 0 atom stereocenters. The van der Waals surface area contributed by atoms with Crippen LogP contribution in [0.15, 0.2) is 17.0 Å². The Morgan fingerprint density at radius 1 is 1.19 bits per heavy atom. The lowest BCUT2D eigenvalue weighted by Crippen LogP contribution is -2.32. The largest absolute Gasteiger partial charge is 0.501 e. The van der Waals surface area contributed by atoms with E-state index in [1.54, 1.807) is 0 Å². The standard InChI is InChI=1S/C12H12F4O4S/c1-19-11(20-2)6-5-7-8(13)3-4-9(10(7)11)21(17,18)12(14,15)16/h3-4H,5-6H2,1-2H3. The van der Waals surface area contributed by atoms with Gasteiger partial charge in [0.1, 0.15) is 5.82 Å². The summed E-state index contributed by atoms with van der Waals surface area (Å²) in [5, 5.41) is 0. The summed E-state index contributed by atoms with van der Waals surface area (Å²) in [6.45, 7) is 0. The van der Waals surface area contributed by atoms with Gasteiger partial charge in [0, 0.05) is 26.2 Å². The van der Waals surface area contributed by atoms with Crippen LogP contribution in [0.25, 0.3) is 0 Å². The van der Waals surface area contributed by atoms with Crippen LogP contribution in [0.2, 0.25) is 0 Å². The smallest absolute Gasteiger partial charge is 0.349 e. The van der Waals surface area contributed by atoms with Crippen molar-refractivity contribution in [3.8, 4) is 0 Å². The highest BCUT2D eigenvalue weighted by atomic mass is 32.2. The highest BCUT2D eigenvalue weighted by Crippen LogP contribution is 2.46. The van der Waals surface area contributed by atoms with Crippen LogP contribution >= 0.6 is 0 Å². The Morgan fingerprint density at radius 2 is 1.76 bits per heavy atom. The zero-order valence-electron chi connectivity index (χ0n) is 11.1. The van der Waals surface area contributed by atoms with Crippen molar-refractivity contribution in [1.82, 2.24) is 0 Å². The molecule has 1 aliphatic rings. The van der Waals surface area contributed by atoms with E-state index in [1.807, 2.05) is 0 Å². The summed E-state index contributed by atoms with van der Waals surface area (Å²) in [6, 6.07) is 1.30. The number of fused-ring (bicyclic) bond motifs is 1. The van der Waals surface area contributed by atoms with Gasteiger partial charge in [-0.2, -0.15) is 13.2 Å². The van der Waals surface area contributed by atoms with E-state index in [0.717, 1.165) is 14.2 Å². The lowest BCUT2D eigenvalue weighted by Gasteiger charge is -2.29. The average molecular weight is 328 g/mol. The summed E-state index contributed by atoms with van der Waals surface area (Å²) in [5.41, 5.74) is -6.04. The molecule has 0 heterocycles. The highest BCUT2D eigenvalue weighted by Gasteiger charge is 2.53. The highest BCUT2D eigenvalue weighted by molar-refractivity contribution is 7.92. The molecule has 0 bridgehead atoms. The van der Waals surface area contributed by atoms with E-state index in [-0.39, 0.29) is 18.4 Å². The van der Waals surface area contributed by atoms with Gasteiger partial charge < -0.3 is 9.47 Å². The molecule has 0 saturated heterocycles. The average Bonchev–Trinajstić information content (AvgIpc) is 2.78. The zero-order chi connectivity index (χ0) is 16.1. The quantitative estimate of drug-likeness (QED) is 0.486. The van der Waals surface area contributed by atoms with Crippen molar-refractivity contribution in [2.75, 3.05) is 14.2 Å². The molecule has 21 heavy (non-hydrogen) atoms. The number of benzene rings is 1. The first-order valence-electron chi connectivity index (χ1n) is 5.84. The maximum Gasteiger partial charge on any atom is 0.501 e. The van der Waals surface area contributed by atoms with Crippen LogP contribution in [0.1, 0.15) is 17.5 Å². The Balaban J connectivity index is 2.82. The third-order valence-electron chi connectivity index (χ3n) is 3.56. The maximum absolute atomic E-state index is 13.8. The first kappa shape index (κ1) is 16.2. The Labute approximate surface area is 118 Å². The van der Waals surface area contributed by atoms with Crippen molar-refractivity contribution >= 4 is 9.84 Å². The van der Waals surface area contributed by atoms with Gasteiger partial charge in [-0.3, -0.25) is 0 Å². The van der Waals surface area contributed by atoms with E-state index in [2.05, 4.69) is 0 Å². The molecule has 1 aliphatic carbocycles. The van der Waals surface area contributed by atoms with Crippen molar-refractivity contribution in [2.24, 2.45) is 0 Å². The number of rotatable bonds is 3. The fraction of sp³-hybridized carbons (Fsp3) is 0.500. The van der Waals surface area contributed by atoms with Gasteiger partial charge in [-0.15, -0.1) is 0 Å². The summed E-state index contributed by atoms with van der Waals surface area (Å²) >= 11 is 0. The van der Waals surface area contributed by atoms with Crippen LogP contribution in [-0.2, 0) is 31.5 Å². The molecule has 0 spiro atoms. The van der Waals surface area contributed by atoms with Gasteiger partial charge in [0.15, 0.2) is 5.79 Å². The first-order valence-corrected chi connectivity index (χ1v) is 7.32. The maximum atomic E-state index is 13.8. The minimum Gasteiger partial charge on any atom is -0.349 e. The van der Waals surface area contributed by atoms with Gasteiger partial charge in [-0.25, -0.2) is 12.8 Å². The van der Waals surface area contributed by atoms with Crippen LogP contribution in [0.4, 0.5) is 17.6 Å². The number of ether oxygens (including phenoxy) is 2. The molecular formula is C12H12F4O4S. The van der Waals surface area contributed by atoms with Crippen molar-refractivity contribution < 1.29 is 35.5 Å². The first-order chi connectivity index (χ1) is 9.60. The Hall–Kier alpha value is -1.19. The van der Waals surface area contributed by atoms with Gasteiger partial charge in [0.2, 0.25) is 0 Å². The number of alkyl halides is 3. The topological polar surface area (TPSA) is 52.6 Å². The van der Waals surface area contributed by atoms with E-state index in [0.29, 0.717) is 12.1 Å². The molecule has 118 valence electrons. The predicted molar refractivity (Wildman–Crippen MR) is 63.7 cm³/mol. The minimum atomic E-state index is -5.64. The van der Waals surface area contributed by atoms with E-state index in [9.17, 15) is 26.0 Å². The van der Waals surface area contributed by atoms with E-state index in [1.165, 1.54) is 0 Å². The molecule has 1 aromatic carbocycles. The van der Waals surface area contributed by atoms with Crippen LogP contribution in [0.5, 0.6) is 0 Å². The summed E-state index contributed by atoms with van der Waals surface area (Å²) in [7, 11) is -3.32. The van der Waals surface area contributed by atoms with Crippen LogP contribution in [-0.4, -0.2) is 28.1 Å². The monoisotopic (exact) mass is 328 g/mol. The van der Waals surface area contributed by atoms with Gasteiger partial charge in [0.25, 0.3) is 9.84 Å². The van der Waals surface area contributed by atoms with Crippen molar-refractivity contribution in [2.45, 2.75) is 29.0 Å². The number of hydrogen-bond donors (Lipinski definition) is 0. The molecular weight excluding hydrogens is 316 g/mol. The molecule has 0 amide bonds. The van der Waals surface area contributed by atoms with Gasteiger partial charge in [-0.1, -0.05) is 0 Å². The summed E-state index contributed by atoms with van der Waals surface area (Å²) in [6.07, 6.45) is 0.0424. The number of sulfone groups is 1. The number of methoxy groups -OCH3 is 2. The molecule has 0 unspecified atom stereocenters. The Bertz CT molecular complexity index is 663. The molecule has 0 aromatic heterocycles. The summed E-state index contributed by atoms with van der Waals surface area (Å²) in [4.78, 5) is -1.03. The minimum absolute atomic E-state index is 0.0179. The fourth-order valence-electron chi connectivity index (χ4n) is 2.52. The Kier molecular flexibility index (Phi) is 3.79. The molecule has 0 fully saturated rings. The van der Waals surface area contributed by atoms with E-state index in [4.69, 9.17) is 9.47 Å². The van der Waals surface area contributed by atoms with Crippen molar-refractivity contribution in [1.29, 1.82) is 0 Å². The molecule has 0 N–H and O–H groups in total. The normalized spacial score (nSPS) is 17.8. The second-order valence-corrected chi connectivity index (χ2v) is 6.42. The second-order valence-electron chi connectivity index (χ2n) is 4.51. The molecule has 0 saturated carbocycles. The lowest BCUT2D eigenvalue weighted by molar-refractivity contribution is -0.215. The summed E-state index contributed by atoms with van der Waals surface area (Å²) in [5.74, 6) is -2.49. The van der Waals surface area contributed by atoms with Crippen LogP contribution < -0.4 is 0 Å². The van der Waals surface area contributed by atoms with Crippen LogP contribution in [0.3, 0.4) is 0 Å².